The first-order chi connectivity index (χ1) is 8.45. The van der Waals surface area contributed by atoms with Gasteiger partial charge in [-0.05, 0) is 29.5 Å². The quantitative estimate of drug-likeness (QED) is 0.745. The molecule has 1 rings (SSSR count). The topological polar surface area (TPSA) is 20.3 Å². The first-order valence-electron chi connectivity index (χ1n) is 6.35. The fourth-order valence-corrected chi connectivity index (χ4v) is 2.00. The maximum absolute atomic E-state index is 11.7. The van der Waals surface area contributed by atoms with Crippen LogP contribution in [0.25, 0.3) is 0 Å². The number of rotatable bonds is 5. The Hall–Kier alpha value is -1.02. The third kappa shape index (κ3) is 4.02. The molecule has 1 aromatic rings. The average molecular weight is 268 g/mol. The van der Waals surface area contributed by atoms with Crippen molar-refractivity contribution in [1.82, 2.24) is 4.90 Å². The zero-order chi connectivity index (χ0) is 13.7. The van der Waals surface area contributed by atoms with Crippen LogP contribution in [0.1, 0.15) is 42.9 Å². The summed E-state index contributed by atoms with van der Waals surface area (Å²) in [5, 5.41) is 0. The van der Waals surface area contributed by atoms with Crippen molar-refractivity contribution in [2.75, 3.05) is 12.9 Å². The first kappa shape index (κ1) is 15.0. The van der Waals surface area contributed by atoms with Gasteiger partial charge in [0.05, 0.1) is 0 Å². The maximum atomic E-state index is 11.7. The zero-order valence-corrected chi connectivity index (χ0v) is 12.4. The number of carbonyl (C=O) groups is 1. The molecule has 0 atom stereocenters. The van der Waals surface area contributed by atoms with Crippen LogP contribution in [0, 0.1) is 6.92 Å². The van der Waals surface area contributed by atoms with E-state index in [0.29, 0.717) is 24.8 Å². The summed E-state index contributed by atoms with van der Waals surface area (Å²) in [6, 6.07) is 6.49. The Labute approximate surface area is 115 Å². The number of benzene rings is 1. The third-order valence-corrected chi connectivity index (χ3v) is 3.37. The second kappa shape index (κ2) is 6.79. The van der Waals surface area contributed by atoms with Gasteiger partial charge in [-0.3, -0.25) is 4.79 Å². The molecule has 0 fully saturated rings. The molecule has 3 heteroatoms. The number of amides is 1. The van der Waals surface area contributed by atoms with Gasteiger partial charge in [0.2, 0.25) is 5.91 Å². The lowest BCUT2D eigenvalue weighted by Crippen LogP contribution is -2.26. The van der Waals surface area contributed by atoms with Crippen molar-refractivity contribution in [2.24, 2.45) is 0 Å². The van der Waals surface area contributed by atoms with E-state index in [0.717, 1.165) is 0 Å². The molecule has 0 aliphatic heterocycles. The molecule has 0 saturated heterocycles. The molecular formula is C15H22ClNO. The lowest BCUT2D eigenvalue weighted by molar-refractivity contribution is -0.129. The largest absolute Gasteiger partial charge is 0.341 e. The van der Waals surface area contributed by atoms with E-state index < -0.39 is 0 Å². The second-order valence-corrected chi connectivity index (χ2v) is 5.41. The van der Waals surface area contributed by atoms with Crippen LogP contribution < -0.4 is 0 Å². The predicted octanol–water partition coefficient (Wildman–Crippen LogP) is 3.71. The summed E-state index contributed by atoms with van der Waals surface area (Å²) >= 11 is 5.59. The minimum absolute atomic E-state index is 0.0966. The van der Waals surface area contributed by atoms with Gasteiger partial charge < -0.3 is 4.90 Å². The predicted molar refractivity (Wildman–Crippen MR) is 77.1 cm³/mol. The van der Waals surface area contributed by atoms with Gasteiger partial charge in [-0.15, -0.1) is 11.6 Å². The van der Waals surface area contributed by atoms with Crippen LogP contribution in [0.4, 0.5) is 0 Å². The van der Waals surface area contributed by atoms with Gasteiger partial charge in [-0.25, -0.2) is 0 Å². The van der Waals surface area contributed by atoms with Crippen LogP contribution in [-0.4, -0.2) is 23.7 Å². The molecule has 0 radical (unpaired) electrons. The lowest BCUT2D eigenvalue weighted by atomic mass is 9.97. The summed E-state index contributed by atoms with van der Waals surface area (Å²) in [4.78, 5) is 13.5. The van der Waals surface area contributed by atoms with Crippen molar-refractivity contribution in [1.29, 1.82) is 0 Å². The van der Waals surface area contributed by atoms with Crippen molar-refractivity contribution in [3.05, 3.63) is 34.9 Å². The maximum Gasteiger partial charge on any atom is 0.223 e. The Balaban J connectivity index is 2.83. The highest BCUT2D eigenvalue weighted by Gasteiger charge is 2.11. The van der Waals surface area contributed by atoms with Crippen molar-refractivity contribution < 1.29 is 4.79 Å². The van der Waals surface area contributed by atoms with E-state index >= 15 is 0 Å². The number of halogens is 1. The number of carbonyl (C=O) groups excluding carboxylic acids is 1. The minimum Gasteiger partial charge on any atom is -0.341 e. The molecule has 1 aromatic carbocycles. The molecule has 0 unspecified atom stereocenters. The van der Waals surface area contributed by atoms with E-state index in [1.165, 1.54) is 16.7 Å². The fourth-order valence-electron chi connectivity index (χ4n) is 1.84. The average Bonchev–Trinajstić information content (AvgIpc) is 2.31. The standard InChI is InChI=1S/C15H22ClNO/c1-11(2)13-6-5-12(3)14(9-13)10-17(4)15(18)7-8-16/h5-6,9,11H,7-8,10H2,1-4H3. The van der Waals surface area contributed by atoms with E-state index in [2.05, 4.69) is 39.0 Å². The second-order valence-electron chi connectivity index (χ2n) is 5.03. The number of aryl methyl sites for hydroxylation is 1. The lowest BCUT2D eigenvalue weighted by Gasteiger charge is -2.19. The van der Waals surface area contributed by atoms with Crippen LogP contribution in [0.15, 0.2) is 18.2 Å². The van der Waals surface area contributed by atoms with E-state index in [4.69, 9.17) is 11.6 Å². The molecule has 0 aliphatic carbocycles. The summed E-state index contributed by atoms with van der Waals surface area (Å²) in [6.45, 7) is 7.09. The van der Waals surface area contributed by atoms with Crippen LogP contribution in [0.2, 0.25) is 0 Å². The molecule has 0 N–H and O–H groups in total. The summed E-state index contributed by atoms with van der Waals surface area (Å²) in [6.07, 6.45) is 0.404. The Morgan fingerprint density at radius 2 is 2.06 bits per heavy atom. The third-order valence-electron chi connectivity index (χ3n) is 3.18. The van der Waals surface area contributed by atoms with Gasteiger partial charge in [-0.1, -0.05) is 32.0 Å². The Kier molecular flexibility index (Phi) is 5.67. The minimum atomic E-state index is 0.0966. The first-order valence-corrected chi connectivity index (χ1v) is 6.88. The molecule has 0 aromatic heterocycles. The number of nitrogens with zero attached hydrogens (tertiary/aromatic N) is 1. The molecular weight excluding hydrogens is 246 g/mol. The van der Waals surface area contributed by atoms with Gasteiger partial charge >= 0.3 is 0 Å². The SMILES string of the molecule is Cc1ccc(C(C)C)cc1CN(C)C(=O)CCCl. The number of hydrogen-bond acceptors (Lipinski definition) is 1. The molecule has 100 valence electrons. The molecule has 0 bridgehead atoms. The summed E-state index contributed by atoms with van der Waals surface area (Å²) in [5.74, 6) is 0.987. The van der Waals surface area contributed by atoms with Gasteiger partial charge in [0, 0.05) is 25.9 Å². The van der Waals surface area contributed by atoms with E-state index in [9.17, 15) is 4.79 Å². The monoisotopic (exact) mass is 267 g/mol. The molecule has 0 aliphatic rings. The van der Waals surface area contributed by atoms with E-state index in [1.807, 2.05) is 7.05 Å². The van der Waals surface area contributed by atoms with Gasteiger partial charge in [-0.2, -0.15) is 0 Å². The van der Waals surface area contributed by atoms with Gasteiger partial charge in [0.25, 0.3) is 0 Å². The zero-order valence-electron chi connectivity index (χ0n) is 11.7. The molecule has 2 nitrogen and oxygen atoms in total. The van der Waals surface area contributed by atoms with Crippen LogP contribution in [0.5, 0.6) is 0 Å². The highest BCUT2D eigenvalue weighted by molar-refractivity contribution is 6.18. The number of alkyl halides is 1. The summed E-state index contributed by atoms with van der Waals surface area (Å²) < 4.78 is 0. The highest BCUT2D eigenvalue weighted by Crippen LogP contribution is 2.19. The van der Waals surface area contributed by atoms with Crippen molar-refractivity contribution in [3.8, 4) is 0 Å². The van der Waals surface area contributed by atoms with Crippen LogP contribution in [0.3, 0.4) is 0 Å². The van der Waals surface area contributed by atoms with Crippen molar-refractivity contribution in [3.63, 3.8) is 0 Å². The Morgan fingerprint density at radius 1 is 1.39 bits per heavy atom. The normalized spacial score (nSPS) is 10.8. The van der Waals surface area contributed by atoms with Crippen molar-refractivity contribution in [2.45, 2.75) is 39.7 Å². The Bertz CT molecular complexity index is 415. The van der Waals surface area contributed by atoms with E-state index in [1.54, 1.807) is 4.90 Å². The van der Waals surface area contributed by atoms with Crippen LogP contribution in [-0.2, 0) is 11.3 Å². The summed E-state index contributed by atoms with van der Waals surface area (Å²) in [5.41, 5.74) is 3.75. The molecule has 0 saturated carbocycles. The number of hydrogen-bond donors (Lipinski definition) is 0. The Morgan fingerprint density at radius 3 is 2.61 bits per heavy atom. The van der Waals surface area contributed by atoms with E-state index in [-0.39, 0.29) is 5.91 Å². The van der Waals surface area contributed by atoms with Gasteiger partial charge in [0.1, 0.15) is 0 Å². The molecule has 18 heavy (non-hydrogen) atoms. The smallest absolute Gasteiger partial charge is 0.223 e. The molecule has 0 spiro atoms. The summed E-state index contributed by atoms with van der Waals surface area (Å²) in [7, 11) is 1.83. The fraction of sp³-hybridized carbons (Fsp3) is 0.533. The van der Waals surface area contributed by atoms with Gasteiger partial charge in [0.15, 0.2) is 0 Å². The van der Waals surface area contributed by atoms with Crippen LogP contribution >= 0.6 is 11.6 Å². The molecule has 1 amide bonds. The highest BCUT2D eigenvalue weighted by atomic mass is 35.5. The molecule has 0 heterocycles. The van der Waals surface area contributed by atoms with Crippen molar-refractivity contribution >= 4 is 17.5 Å².